The van der Waals surface area contributed by atoms with E-state index < -0.39 is 0 Å². The summed E-state index contributed by atoms with van der Waals surface area (Å²) in [4.78, 5) is 7.42. The molecule has 3 nitrogen and oxygen atoms in total. The zero-order chi connectivity index (χ0) is 17.8. The zero-order valence-electron chi connectivity index (χ0n) is 15.0. The van der Waals surface area contributed by atoms with E-state index >= 15 is 0 Å². The number of para-hydroxylation sites is 1. The van der Waals surface area contributed by atoms with E-state index in [1.54, 1.807) is 12.4 Å². The molecule has 0 fully saturated rings. The Morgan fingerprint density at radius 1 is 0.885 bits per heavy atom. The van der Waals surface area contributed by atoms with Crippen LogP contribution in [0.25, 0.3) is 10.9 Å². The fraction of sp³-hybridized carbons (Fsp3) is 0.174. The van der Waals surface area contributed by atoms with Crippen LogP contribution in [-0.4, -0.2) is 9.97 Å². The number of rotatable bonds is 6. The lowest BCUT2D eigenvalue weighted by molar-refractivity contribution is 0.820. The number of hydrogen-bond donors (Lipinski definition) is 2. The van der Waals surface area contributed by atoms with Gasteiger partial charge in [-0.15, -0.1) is 0 Å². The largest absolute Gasteiger partial charge is 0.361 e. The smallest absolute Gasteiger partial charge is 0.0456 e. The maximum atomic E-state index is 4.05. The molecule has 0 saturated carbocycles. The van der Waals surface area contributed by atoms with Gasteiger partial charge in [0.15, 0.2) is 0 Å². The molecule has 0 atom stereocenters. The molecule has 4 aromatic rings. The third-order valence-electron chi connectivity index (χ3n) is 4.88. The van der Waals surface area contributed by atoms with Crippen LogP contribution in [0.1, 0.15) is 23.1 Å². The van der Waals surface area contributed by atoms with E-state index in [0.29, 0.717) is 0 Å². The van der Waals surface area contributed by atoms with Crippen LogP contribution >= 0.6 is 0 Å². The number of nitrogens with zero attached hydrogens (tertiary/aromatic N) is 1. The van der Waals surface area contributed by atoms with Crippen LogP contribution in [0.4, 0.5) is 11.4 Å². The fourth-order valence-corrected chi connectivity index (χ4v) is 3.46. The number of aryl methyl sites for hydroxylation is 3. The van der Waals surface area contributed by atoms with Crippen molar-refractivity contribution in [1.29, 1.82) is 0 Å². The Hall–Kier alpha value is -3.07. The highest BCUT2D eigenvalue weighted by Crippen LogP contribution is 2.23. The molecule has 2 heterocycles. The summed E-state index contributed by atoms with van der Waals surface area (Å²) in [6.07, 6.45) is 9.10. The molecule has 0 aliphatic carbocycles. The van der Waals surface area contributed by atoms with Crippen molar-refractivity contribution in [3.05, 3.63) is 89.9 Å². The van der Waals surface area contributed by atoms with Crippen LogP contribution in [-0.2, 0) is 12.8 Å². The molecule has 4 rings (SSSR count). The van der Waals surface area contributed by atoms with Gasteiger partial charge in [0.25, 0.3) is 0 Å². The topological polar surface area (TPSA) is 40.7 Å². The number of aromatic amines is 1. The summed E-state index contributed by atoms with van der Waals surface area (Å²) < 4.78 is 0. The lowest BCUT2D eigenvalue weighted by atomic mass is 10.00. The summed E-state index contributed by atoms with van der Waals surface area (Å²) >= 11 is 0. The minimum Gasteiger partial charge on any atom is -0.361 e. The van der Waals surface area contributed by atoms with Gasteiger partial charge in [-0.25, -0.2) is 0 Å². The molecule has 0 aliphatic rings. The van der Waals surface area contributed by atoms with E-state index in [4.69, 9.17) is 0 Å². The van der Waals surface area contributed by atoms with Crippen molar-refractivity contribution in [2.24, 2.45) is 0 Å². The van der Waals surface area contributed by atoms with Gasteiger partial charge in [-0.2, -0.15) is 0 Å². The number of anilines is 2. The highest BCUT2D eigenvalue weighted by molar-refractivity contribution is 5.83. The van der Waals surface area contributed by atoms with Gasteiger partial charge < -0.3 is 10.3 Å². The summed E-state index contributed by atoms with van der Waals surface area (Å²) in [6.45, 7) is 2.19. The van der Waals surface area contributed by atoms with Crippen molar-refractivity contribution in [3.63, 3.8) is 0 Å². The van der Waals surface area contributed by atoms with E-state index in [-0.39, 0.29) is 0 Å². The number of nitrogens with one attached hydrogen (secondary N) is 2. The van der Waals surface area contributed by atoms with Crippen molar-refractivity contribution < 1.29 is 0 Å². The Morgan fingerprint density at radius 3 is 2.54 bits per heavy atom. The minimum atomic E-state index is 1.06. The lowest BCUT2D eigenvalue weighted by Gasteiger charge is -2.10. The molecule has 0 radical (unpaired) electrons. The molecule has 0 unspecified atom stereocenters. The second-order valence-corrected chi connectivity index (χ2v) is 6.72. The fourth-order valence-electron chi connectivity index (χ4n) is 3.46. The van der Waals surface area contributed by atoms with Gasteiger partial charge in [0.05, 0.1) is 0 Å². The Labute approximate surface area is 154 Å². The Bertz CT molecular complexity index is 1000. The Balaban J connectivity index is 1.39. The standard InChI is InChI=1S/C23H23N3/c1-17-15-21(26-20-11-13-24-14-12-20)10-9-18(17)5-4-6-19-16-25-23-8-3-2-7-22(19)23/h2-3,7-16,25H,4-6H2,1H3,(H,24,26). The molecule has 0 amide bonds. The minimum absolute atomic E-state index is 1.06. The molecule has 0 saturated heterocycles. The third-order valence-corrected chi connectivity index (χ3v) is 4.88. The van der Waals surface area contributed by atoms with Crippen LogP contribution < -0.4 is 5.32 Å². The summed E-state index contributed by atoms with van der Waals surface area (Å²) in [6, 6.07) is 19.1. The molecule has 0 bridgehead atoms. The number of H-pyrrole nitrogens is 1. The van der Waals surface area contributed by atoms with Gasteiger partial charge in [0.2, 0.25) is 0 Å². The SMILES string of the molecule is Cc1cc(Nc2ccncc2)ccc1CCCc1c[nH]c2ccccc12. The average Bonchev–Trinajstić information content (AvgIpc) is 3.08. The van der Waals surface area contributed by atoms with E-state index in [9.17, 15) is 0 Å². The molecular formula is C23H23N3. The number of fused-ring (bicyclic) bond motifs is 1. The number of benzene rings is 2. The molecule has 2 N–H and O–H groups in total. The van der Waals surface area contributed by atoms with Gasteiger partial charge in [0.1, 0.15) is 0 Å². The molecule has 130 valence electrons. The average molecular weight is 341 g/mol. The second-order valence-electron chi connectivity index (χ2n) is 6.72. The summed E-state index contributed by atoms with van der Waals surface area (Å²) in [5.74, 6) is 0. The summed E-state index contributed by atoms with van der Waals surface area (Å²) in [5, 5.41) is 4.77. The molecule has 0 aliphatic heterocycles. The highest BCUT2D eigenvalue weighted by atomic mass is 14.9. The molecule has 3 heteroatoms. The van der Waals surface area contributed by atoms with Gasteiger partial charge in [-0.3, -0.25) is 4.98 Å². The monoisotopic (exact) mass is 341 g/mol. The number of hydrogen-bond acceptors (Lipinski definition) is 2. The first-order valence-electron chi connectivity index (χ1n) is 9.11. The van der Waals surface area contributed by atoms with Crippen molar-refractivity contribution in [2.45, 2.75) is 26.2 Å². The lowest BCUT2D eigenvalue weighted by Crippen LogP contribution is -1.95. The van der Waals surface area contributed by atoms with Crippen LogP contribution in [0.2, 0.25) is 0 Å². The van der Waals surface area contributed by atoms with E-state index in [2.05, 4.69) is 70.9 Å². The molecular weight excluding hydrogens is 318 g/mol. The van der Waals surface area contributed by atoms with Crippen LogP contribution in [0.5, 0.6) is 0 Å². The first-order valence-corrected chi connectivity index (χ1v) is 9.11. The Morgan fingerprint density at radius 2 is 1.69 bits per heavy atom. The third kappa shape index (κ3) is 3.62. The first-order chi connectivity index (χ1) is 12.8. The first kappa shape index (κ1) is 16.4. The van der Waals surface area contributed by atoms with Crippen LogP contribution in [0.15, 0.2) is 73.2 Å². The van der Waals surface area contributed by atoms with Crippen LogP contribution in [0, 0.1) is 6.92 Å². The van der Waals surface area contributed by atoms with Crippen LogP contribution in [0.3, 0.4) is 0 Å². The summed E-state index contributed by atoms with van der Waals surface area (Å²) in [7, 11) is 0. The van der Waals surface area contributed by atoms with Crippen molar-refractivity contribution in [1.82, 2.24) is 9.97 Å². The maximum Gasteiger partial charge on any atom is 0.0456 e. The van der Waals surface area contributed by atoms with E-state index in [1.807, 2.05) is 12.1 Å². The molecule has 2 aromatic heterocycles. The zero-order valence-corrected chi connectivity index (χ0v) is 15.0. The number of aromatic nitrogens is 2. The quantitative estimate of drug-likeness (QED) is 0.466. The predicted molar refractivity (Wildman–Crippen MR) is 109 cm³/mol. The van der Waals surface area contributed by atoms with Crippen molar-refractivity contribution in [2.75, 3.05) is 5.32 Å². The maximum absolute atomic E-state index is 4.05. The molecule has 26 heavy (non-hydrogen) atoms. The van der Waals surface area contributed by atoms with Crippen molar-refractivity contribution in [3.8, 4) is 0 Å². The van der Waals surface area contributed by atoms with Crippen molar-refractivity contribution >= 4 is 22.3 Å². The van der Waals surface area contributed by atoms with Gasteiger partial charge >= 0.3 is 0 Å². The van der Waals surface area contributed by atoms with E-state index in [1.165, 1.54) is 27.6 Å². The van der Waals surface area contributed by atoms with Gasteiger partial charge in [-0.05, 0) is 73.2 Å². The Kier molecular flexibility index (Phi) is 4.69. The molecule has 0 spiro atoms. The number of pyridine rings is 1. The van der Waals surface area contributed by atoms with E-state index in [0.717, 1.165) is 30.6 Å². The predicted octanol–water partition coefficient (Wildman–Crippen LogP) is 5.79. The van der Waals surface area contributed by atoms with Gasteiger partial charge in [0, 0.05) is 40.9 Å². The highest BCUT2D eigenvalue weighted by Gasteiger charge is 2.05. The van der Waals surface area contributed by atoms with Gasteiger partial charge in [-0.1, -0.05) is 24.3 Å². The molecule has 2 aromatic carbocycles. The second kappa shape index (κ2) is 7.44. The summed E-state index contributed by atoms with van der Waals surface area (Å²) in [5.41, 5.74) is 7.58. The normalized spacial score (nSPS) is 11.0.